The van der Waals surface area contributed by atoms with Crippen LogP contribution in [0, 0.1) is 29.2 Å². The predicted molar refractivity (Wildman–Crippen MR) is 152 cm³/mol. The summed E-state index contributed by atoms with van der Waals surface area (Å²) in [6.45, 7) is -1.20. The Morgan fingerprint density at radius 3 is 2.20 bits per heavy atom. The van der Waals surface area contributed by atoms with Crippen molar-refractivity contribution >= 4 is 34.3 Å². The number of rotatable bonds is 13. The highest BCUT2D eigenvalue weighted by Crippen LogP contribution is 2.28. The summed E-state index contributed by atoms with van der Waals surface area (Å²) in [5.41, 5.74) is 0.738. The van der Waals surface area contributed by atoms with Crippen LogP contribution >= 0.6 is 0 Å². The van der Waals surface area contributed by atoms with E-state index in [4.69, 9.17) is 0 Å². The standard InChI is InChI=1S/C32H32F4N2O6/c33-22-15-23(34)30(36)31(29(22)35)44-17-26(39)24(16-28(41)42)38-32(43)25(13-18-7-2-1-3-8-18)37-27(40)14-20-11-6-10-19-9-4-5-12-21(19)20/h4-6,9-12,15,18,24-25H,1-3,7-8,13-14,16-17H2,(H,37,40)(H,38,43)(H,41,42)/t24-,25-/m0/s1. The quantitative estimate of drug-likeness (QED) is 0.184. The van der Waals surface area contributed by atoms with Gasteiger partial charge in [-0.15, -0.1) is 0 Å². The molecule has 1 aliphatic rings. The van der Waals surface area contributed by atoms with Crippen molar-refractivity contribution in [3.05, 3.63) is 77.4 Å². The Labute approximate surface area is 250 Å². The number of ether oxygens (including phenoxy) is 1. The van der Waals surface area contributed by atoms with E-state index < -0.39 is 77.7 Å². The van der Waals surface area contributed by atoms with Crippen LogP contribution in [0.5, 0.6) is 5.75 Å². The molecule has 3 aromatic rings. The minimum atomic E-state index is -1.88. The second kappa shape index (κ2) is 14.8. The Balaban J connectivity index is 1.49. The first-order valence-corrected chi connectivity index (χ1v) is 14.3. The smallest absolute Gasteiger partial charge is 0.305 e. The van der Waals surface area contributed by atoms with Crippen molar-refractivity contribution in [2.75, 3.05) is 6.61 Å². The summed E-state index contributed by atoms with van der Waals surface area (Å²) in [5.74, 6) is -12.6. The van der Waals surface area contributed by atoms with Gasteiger partial charge in [0, 0.05) is 6.07 Å². The van der Waals surface area contributed by atoms with Crippen molar-refractivity contribution < 1.29 is 46.6 Å². The van der Waals surface area contributed by atoms with Gasteiger partial charge in [-0.3, -0.25) is 19.2 Å². The molecular weight excluding hydrogens is 584 g/mol. The zero-order valence-electron chi connectivity index (χ0n) is 23.7. The molecule has 0 bridgehead atoms. The Hall–Kier alpha value is -4.48. The minimum absolute atomic E-state index is 0.0339. The summed E-state index contributed by atoms with van der Waals surface area (Å²) in [4.78, 5) is 51.0. The predicted octanol–water partition coefficient (Wildman–Crippen LogP) is 5.00. The Morgan fingerprint density at radius 2 is 1.52 bits per heavy atom. The van der Waals surface area contributed by atoms with Crippen molar-refractivity contribution in [3.63, 3.8) is 0 Å². The number of amides is 2. The maximum Gasteiger partial charge on any atom is 0.305 e. The van der Waals surface area contributed by atoms with Crippen LogP contribution in [0.1, 0.15) is 50.5 Å². The molecule has 0 spiro atoms. The average Bonchev–Trinajstić information content (AvgIpc) is 2.99. The van der Waals surface area contributed by atoms with E-state index in [-0.39, 0.29) is 24.8 Å². The summed E-state index contributed by atoms with van der Waals surface area (Å²) in [6.07, 6.45) is 3.90. The molecule has 8 nitrogen and oxygen atoms in total. The minimum Gasteiger partial charge on any atom is -0.481 e. The van der Waals surface area contributed by atoms with Gasteiger partial charge in [-0.1, -0.05) is 74.6 Å². The lowest BCUT2D eigenvalue weighted by molar-refractivity contribution is -0.141. The van der Waals surface area contributed by atoms with Crippen LogP contribution in [0.2, 0.25) is 0 Å². The zero-order valence-corrected chi connectivity index (χ0v) is 23.7. The summed E-state index contributed by atoms with van der Waals surface area (Å²) in [5, 5.41) is 16.2. The lowest BCUT2D eigenvalue weighted by Gasteiger charge is -2.28. The Kier molecular flexibility index (Phi) is 10.9. The zero-order chi connectivity index (χ0) is 31.8. The molecule has 0 unspecified atom stereocenters. The van der Waals surface area contributed by atoms with E-state index in [1.54, 1.807) is 6.07 Å². The van der Waals surface area contributed by atoms with Crippen LogP contribution in [-0.4, -0.2) is 47.4 Å². The molecule has 44 heavy (non-hydrogen) atoms. The molecule has 3 N–H and O–H groups in total. The maximum absolute atomic E-state index is 14.0. The van der Waals surface area contributed by atoms with Crippen molar-refractivity contribution in [3.8, 4) is 5.75 Å². The first-order chi connectivity index (χ1) is 21.0. The Bertz CT molecular complexity index is 1510. The van der Waals surface area contributed by atoms with Crippen LogP contribution in [0.4, 0.5) is 17.6 Å². The second-order valence-electron chi connectivity index (χ2n) is 10.9. The van der Waals surface area contributed by atoms with E-state index in [0.717, 1.165) is 48.4 Å². The fourth-order valence-corrected chi connectivity index (χ4v) is 5.47. The van der Waals surface area contributed by atoms with E-state index in [1.807, 2.05) is 36.4 Å². The lowest BCUT2D eigenvalue weighted by Crippen LogP contribution is -2.53. The first kappa shape index (κ1) is 32.4. The van der Waals surface area contributed by atoms with E-state index in [2.05, 4.69) is 15.4 Å². The number of carboxylic acids is 1. The van der Waals surface area contributed by atoms with E-state index in [1.165, 1.54) is 0 Å². The lowest BCUT2D eigenvalue weighted by atomic mass is 9.84. The maximum atomic E-state index is 14.0. The van der Waals surface area contributed by atoms with Crippen molar-refractivity contribution in [2.24, 2.45) is 5.92 Å². The monoisotopic (exact) mass is 616 g/mol. The topological polar surface area (TPSA) is 122 Å². The highest BCUT2D eigenvalue weighted by molar-refractivity contribution is 5.96. The third kappa shape index (κ3) is 8.33. The molecule has 3 aromatic carbocycles. The third-order valence-corrected chi connectivity index (χ3v) is 7.69. The number of halogens is 4. The van der Waals surface area contributed by atoms with E-state index >= 15 is 0 Å². The van der Waals surface area contributed by atoms with Crippen LogP contribution in [0.25, 0.3) is 10.8 Å². The molecule has 0 heterocycles. The number of ketones is 1. The van der Waals surface area contributed by atoms with Gasteiger partial charge in [-0.2, -0.15) is 8.78 Å². The number of fused-ring (bicyclic) bond motifs is 1. The number of Topliss-reactive ketones (excluding diaryl/α,β-unsaturated/α-hetero) is 1. The number of carbonyl (C=O) groups excluding carboxylic acids is 3. The highest BCUT2D eigenvalue weighted by atomic mass is 19.2. The third-order valence-electron chi connectivity index (χ3n) is 7.69. The molecular formula is C32H32F4N2O6. The molecule has 0 saturated heterocycles. The second-order valence-corrected chi connectivity index (χ2v) is 10.9. The fraction of sp³-hybridized carbons (Fsp3) is 0.375. The number of carbonyl (C=O) groups is 4. The molecule has 0 aliphatic heterocycles. The van der Waals surface area contributed by atoms with Gasteiger partial charge in [0.2, 0.25) is 23.4 Å². The molecule has 2 amide bonds. The first-order valence-electron chi connectivity index (χ1n) is 14.3. The largest absolute Gasteiger partial charge is 0.481 e. The molecule has 1 aliphatic carbocycles. The summed E-state index contributed by atoms with van der Waals surface area (Å²) < 4.78 is 59.7. The fourth-order valence-electron chi connectivity index (χ4n) is 5.47. The number of aliphatic carboxylic acids is 1. The van der Waals surface area contributed by atoms with Gasteiger partial charge >= 0.3 is 5.97 Å². The molecule has 12 heteroatoms. The number of hydrogen-bond acceptors (Lipinski definition) is 5. The summed E-state index contributed by atoms with van der Waals surface area (Å²) >= 11 is 0. The normalized spacial score (nSPS) is 14.9. The van der Waals surface area contributed by atoms with Crippen molar-refractivity contribution in [2.45, 2.75) is 63.5 Å². The van der Waals surface area contributed by atoms with Gasteiger partial charge < -0.3 is 20.5 Å². The summed E-state index contributed by atoms with van der Waals surface area (Å²) in [6, 6.07) is 10.2. The van der Waals surface area contributed by atoms with Gasteiger partial charge in [0.1, 0.15) is 18.7 Å². The van der Waals surface area contributed by atoms with Crippen molar-refractivity contribution in [1.29, 1.82) is 0 Å². The van der Waals surface area contributed by atoms with Crippen LogP contribution in [0.15, 0.2) is 48.5 Å². The molecule has 1 saturated carbocycles. The SMILES string of the molecule is O=C(O)C[C@H](NC(=O)[C@H](CC1CCCCC1)NC(=O)Cc1cccc2ccccc12)C(=O)COc1c(F)c(F)cc(F)c1F. The van der Waals surface area contributed by atoms with Gasteiger partial charge in [-0.05, 0) is 28.7 Å². The van der Waals surface area contributed by atoms with E-state index in [9.17, 15) is 41.8 Å². The van der Waals surface area contributed by atoms with E-state index in [0.29, 0.717) is 0 Å². The molecule has 1 fully saturated rings. The van der Waals surface area contributed by atoms with Crippen molar-refractivity contribution in [1.82, 2.24) is 10.6 Å². The highest BCUT2D eigenvalue weighted by Gasteiger charge is 2.31. The van der Waals surface area contributed by atoms with Crippen LogP contribution in [0.3, 0.4) is 0 Å². The van der Waals surface area contributed by atoms with Gasteiger partial charge in [0.25, 0.3) is 0 Å². The summed E-state index contributed by atoms with van der Waals surface area (Å²) in [7, 11) is 0. The molecule has 234 valence electrons. The van der Waals surface area contributed by atoms with Crippen LogP contribution in [-0.2, 0) is 25.6 Å². The number of hydrogen-bond donors (Lipinski definition) is 3. The Morgan fingerprint density at radius 1 is 0.864 bits per heavy atom. The molecule has 0 radical (unpaired) electrons. The van der Waals surface area contributed by atoms with Gasteiger partial charge in [0.05, 0.1) is 12.8 Å². The number of nitrogens with one attached hydrogen (secondary N) is 2. The van der Waals surface area contributed by atoms with Crippen LogP contribution < -0.4 is 15.4 Å². The average molecular weight is 617 g/mol. The number of carboxylic acid groups (broad SMARTS) is 1. The van der Waals surface area contributed by atoms with Gasteiger partial charge in [0.15, 0.2) is 23.2 Å². The molecule has 4 rings (SSSR count). The molecule has 2 atom stereocenters. The van der Waals surface area contributed by atoms with Gasteiger partial charge in [-0.25, -0.2) is 8.78 Å². The molecule has 0 aromatic heterocycles. The number of benzene rings is 3.